The summed E-state index contributed by atoms with van der Waals surface area (Å²) >= 11 is 1.67. The maximum absolute atomic E-state index is 5.43. The summed E-state index contributed by atoms with van der Waals surface area (Å²) < 4.78 is 16.2. The monoisotopic (exact) mass is 429 g/mol. The highest BCUT2D eigenvalue weighted by Crippen LogP contribution is 2.41. The van der Waals surface area contributed by atoms with Crippen LogP contribution in [0.15, 0.2) is 17.5 Å². The summed E-state index contributed by atoms with van der Waals surface area (Å²) in [7, 11) is 7.00. The summed E-state index contributed by atoms with van der Waals surface area (Å²) in [6.07, 6.45) is 0. The Labute approximate surface area is 163 Å². The van der Waals surface area contributed by atoms with E-state index in [0.29, 0.717) is 17.2 Å². The molecule has 8 heteroatoms. The van der Waals surface area contributed by atoms with Gasteiger partial charge < -0.3 is 24.0 Å². The van der Waals surface area contributed by atoms with Crippen LogP contribution in [0.1, 0.15) is 0 Å². The molecule has 1 aliphatic rings. The molecule has 0 radical (unpaired) electrons. The largest absolute Gasteiger partial charge is 0.493 e. The van der Waals surface area contributed by atoms with Crippen molar-refractivity contribution in [1.29, 1.82) is 0 Å². The molecule has 0 spiro atoms. The van der Waals surface area contributed by atoms with Crippen molar-refractivity contribution >= 4 is 33.4 Å². The van der Waals surface area contributed by atoms with E-state index in [2.05, 4.69) is 22.2 Å². The van der Waals surface area contributed by atoms with E-state index in [-0.39, 0.29) is 17.0 Å². The van der Waals surface area contributed by atoms with Gasteiger partial charge in [-0.2, -0.15) is 0 Å². The molecule has 25 heavy (non-hydrogen) atoms. The first-order valence-corrected chi connectivity index (χ1v) is 8.73. The predicted octanol–water partition coefficient (Wildman–Crippen LogP) is 3.17. The smallest absolute Gasteiger partial charge is 0.203 e. The topological polar surface area (TPSA) is 47.1 Å². The Morgan fingerprint density at radius 3 is 2.08 bits per heavy atom. The Kier molecular flexibility index (Phi) is 6.92. The van der Waals surface area contributed by atoms with Gasteiger partial charge in [-0.25, -0.2) is 4.98 Å². The number of hydrogen-bond donors (Lipinski definition) is 0. The lowest BCUT2D eigenvalue weighted by Gasteiger charge is -2.32. The van der Waals surface area contributed by atoms with Gasteiger partial charge in [-0.1, -0.05) is 0 Å². The predicted molar refractivity (Wildman–Crippen MR) is 107 cm³/mol. The van der Waals surface area contributed by atoms with Crippen molar-refractivity contribution in [3.63, 3.8) is 0 Å². The van der Waals surface area contributed by atoms with Gasteiger partial charge in [0.25, 0.3) is 0 Å². The number of anilines is 1. The molecule has 1 aromatic heterocycles. The number of ether oxygens (including phenoxy) is 3. The van der Waals surface area contributed by atoms with E-state index < -0.39 is 0 Å². The molecule has 0 bridgehead atoms. The molecule has 6 nitrogen and oxygen atoms in total. The number of halogens is 1. The summed E-state index contributed by atoms with van der Waals surface area (Å²) in [4.78, 5) is 9.49. The molecule has 0 amide bonds. The van der Waals surface area contributed by atoms with Gasteiger partial charge >= 0.3 is 0 Å². The average Bonchev–Trinajstić information content (AvgIpc) is 3.11. The molecular weight excluding hydrogens is 406 g/mol. The number of aromatic nitrogens is 1. The molecule has 0 unspecified atom stereocenters. The number of benzene rings is 1. The van der Waals surface area contributed by atoms with Crippen molar-refractivity contribution in [2.45, 2.75) is 0 Å². The van der Waals surface area contributed by atoms with Crippen LogP contribution in [0.4, 0.5) is 5.13 Å². The number of piperazine rings is 1. The molecule has 3 rings (SSSR count). The number of hydrogen-bond acceptors (Lipinski definition) is 7. The van der Waals surface area contributed by atoms with Crippen LogP contribution in [0.2, 0.25) is 0 Å². The summed E-state index contributed by atoms with van der Waals surface area (Å²) in [6.45, 7) is 4.16. The van der Waals surface area contributed by atoms with Crippen LogP contribution in [0.5, 0.6) is 17.2 Å². The lowest BCUT2D eigenvalue weighted by atomic mass is 10.1. The first-order valence-electron chi connectivity index (χ1n) is 7.85. The van der Waals surface area contributed by atoms with E-state index in [4.69, 9.17) is 19.2 Å². The SMILES string of the molecule is Br.COc1cc(-c2csc(N3CCN(C)CC3)n2)cc(OC)c1OC. The van der Waals surface area contributed by atoms with E-state index in [1.807, 2.05) is 12.1 Å². The molecule has 1 aliphatic heterocycles. The second-order valence-electron chi connectivity index (χ2n) is 5.72. The van der Waals surface area contributed by atoms with Gasteiger partial charge in [0.1, 0.15) is 0 Å². The average molecular weight is 430 g/mol. The summed E-state index contributed by atoms with van der Waals surface area (Å²) in [5.74, 6) is 1.88. The molecule has 0 aliphatic carbocycles. The molecule has 1 aromatic carbocycles. The maximum atomic E-state index is 5.43. The second-order valence-corrected chi connectivity index (χ2v) is 6.56. The summed E-state index contributed by atoms with van der Waals surface area (Å²) in [5, 5.41) is 3.14. The zero-order chi connectivity index (χ0) is 17.1. The standard InChI is InChI=1S/C17H23N3O3S.BrH/c1-19-5-7-20(8-6-19)17-18-13(11-24-17)12-9-14(21-2)16(23-4)15(10-12)22-3;/h9-11H,5-8H2,1-4H3;1H. The molecular formula is C17H24BrN3O3S. The molecule has 0 atom stereocenters. The number of methoxy groups -OCH3 is 3. The molecule has 2 aromatic rings. The normalized spacial score (nSPS) is 14.8. The third-order valence-electron chi connectivity index (χ3n) is 4.23. The van der Waals surface area contributed by atoms with E-state index >= 15 is 0 Å². The van der Waals surface area contributed by atoms with Crippen LogP contribution in [0, 0.1) is 0 Å². The molecule has 2 heterocycles. The van der Waals surface area contributed by atoms with Gasteiger partial charge in [0.05, 0.1) is 27.0 Å². The maximum Gasteiger partial charge on any atom is 0.203 e. The van der Waals surface area contributed by atoms with E-state index in [1.165, 1.54) is 0 Å². The van der Waals surface area contributed by atoms with E-state index in [0.717, 1.165) is 42.6 Å². The van der Waals surface area contributed by atoms with Crippen molar-refractivity contribution in [2.75, 3.05) is 59.5 Å². The van der Waals surface area contributed by atoms with Crippen molar-refractivity contribution < 1.29 is 14.2 Å². The van der Waals surface area contributed by atoms with Gasteiger partial charge in [0.2, 0.25) is 5.75 Å². The third kappa shape index (κ3) is 4.19. The second kappa shape index (κ2) is 8.73. The minimum Gasteiger partial charge on any atom is -0.493 e. The van der Waals surface area contributed by atoms with Crippen LogP contribution in [0.3, 0.4) is 0 Å². The Bertz CT molecular complexity index is 677. The van der Waals surface area contributed by atoms with E-state index in [1.54, 1.807) is 32.7 Å². The lowest BCUT2D eigenvalue weighted by Crippen LogP contribution is -2.44. The van der Waals surface area contributed by atoms with Crippen LogP contribution >= 0.6 is 28.3 Å². The van der Waals surface area contributed by atoms with Crippen LogP contribution in [-0.2, 0) is 0 Å². The van der Waals surface area contributed by atoms with Gasteiger partial charge in [0.15, 0.2) is 16.6 Å². The molecule has 1 saturated heterocycles. The zero-order valence-electron chi connectivity index (χ0n) is 14.9. The molecule has 1 fully saturated rings. The molecule has 0 N–H and O–H groups in total. The minimum atomic E-state index is 0. The Hall–Kier alpha value is -1.51. The highest BCUT2D eigenvalue weighted by molar-refractivity contribution is 8.93. The Balaban J connectivity index is 0.00000225. The van der Waals surface area contributed by atoms with Crippen LogP contribution < -0.4 is 19.1 Å². The number of rotatable bonds is 5. The zero-order valence-corrected chi connectivity index (χ0v) is 17.5. The summed E-state index contributed by atoms with van der Waals surface area (Å²) in [6, 6.07) is 3.87. The molecule has 138 valence electrons. The van der Waals surface area contributed by atoms with Crippen LogP contribution in [0.25, 0.3) is 11.3 Å². The lowest BCUT2D eigenvalue weighted by molar-refractivity contribution is 0.313. The van der Waals surface area contributed by atoms with Gasteiger partial charge in [-0.15, -0.1) is 28.3 Å². The Morgan fingerprint density at radius 1 is 0.960 bits per heavy atom. The number of likely N-dealkylation sites (N-methyl/N-ethyl adjacent to an activating group) is 1. The fraction of sp³-hybridized carbons (Fsp3) is 0.471. The fourth-order valence-corrected chi connectivity index (χ4v) is 3.66. The minimum absolute atomic E-state index is 0. The first-order chi connectivity index (χ1) is 11.7. The van der Waals surface area contributed by atoms with Gasteiger partial charge in [-0.05, 0) is 19.2 Å². The third-order valence-corrected chi connectivity index (χ3v) is 5.13. The summed E-state index contributed by atoms with van der Waals surface area (Å²) in [5.41, 5.74) is 1.88. The van der Waals surface area contributed by atoms with Crippen molar-refractivity contribution in [3.05, 3.63) is 17.5 Å². The van der Waals surface area contributed by atoms with Gasteiger partial charge in [-0.3, -0.25) is 0 Å². The van der Waals surface area contributed by atoms with Crippen LogP contribution in [-0.4, -0.2) is 64.4 Å². The fourth-order valence-electron chi connectivity index (χ4n) is 2.77. The highest BCUT2D eigenvalue weighted by atomic mass is 79.9. The van der Waals surface area contributed by atoms with Crippen molar-refractivity contribution in [3.8, 4) is 28.5 Å². The van der Waals surface area contributed by atoms with Crippen molar-refractivity contribution in [1.82, 2.24) is 9.88 Å². The van der Waals surface area contributed by atoms with E-state index in [9.17, 15) is 0 Å². The van der Waals surface area contributed by atoms with Gasteiger partial charge in [0, 0.05) is 37.1 Å². The molecule has 0 saturated carbocycles. The number of thiazole rings is 1. The quantitative estimate of drug-likeness (QED) is 0.727. The Morgan fingerprint density at radius 2 is 1.56 bits per heavy atom. The highest BCUT2D eigenvalue weighted by Gasteiger charge is 2.19. The number of nitrogens with zero attached hydrogens (tertiary/aromatic N) is 3. The van der Waals surface area contributed by atoms with Crippen molar-refractivity contribution in [2.24, 2.45) is 0 Å². The first kappa shape index (κ1) is 19.8.